The highest BCUT2D eigenvalue weighted by molar-refractivity contribution is 5.78. The quantitative estimate of drug-likeness (QED) is 0.646. The number of amides is 1. The van der Waals surface area contributed by atoms with E-state index in [1.807, 2.05) is 18.2 Å². The summed E-state index contributed by atoms with van der Waals surface area (Å²) < 4.78 is 11.7. The van der Waals surface area contributed by atoms with E-state index in [0.717, 1.165) is 43.7 Å². The Morgan fingerprint density at radius 1 is 1.37 bits per heavy atom. The van der Waals surface area contributed by atoms with Crippen molar-refractivity contribution in [3.8, 4) is 5.75 Å². The molecule has 2 rings (SSSR count). The number of carbonyl (C=O) groups excluding carboxylic acids is 1. The molecule has 5 nitrogen and oxygen atoms in total. The van der Waals surface area contributed by atoms with E-state index in [-0.39, 0.29) is 17.4 Å². The van der Waals surface area contributed by atoms with Crippen molar-refractivity contribution in [2.45, 2.75) is 51.0 Å². The fourth-order valence-electron chi connectivity index (χ4n) is 4.00. The molecule has 1 amide bonds. The summed E-state index contributed by atoms with van der Waals surface area (Å²) in [6.07, 6.45) is 3.32. The van der Waals surface area contributed by atoms with Crippen LogP contribution in [0.15, 0.2) is 24.3 Å². The van der Waals surface area contributed by atoms with Crippen LogP contribution in [0.5, 0.6) is 5.75 Å². The van der Waals surface area contributed by atoms with Crippen molar-refractivity contribution in [3.05, 3.63) is 29.8 Å². The molecule has 5 heteroatoms. The van der Waals surface area contributed by atoms with E-state index in [9.17, 15) is 4.79 Å². The molecule has 1 saturated heterocycles. The van der Waals surface area contributed by atoms with Crippen LogP contribution in [0.3, 0.4) is 0 Å². The number of para-hydroxylation sites is 1. The van der Waals surface area contributed by atoms with Crippen molar-refractivity contribution in [1.29, 1.82) is 0 Å². The maximum absolute atomic E-state index is 12.8. The van der Waals surface area contributed by atoms with Gasteiger partial charge in [-0.25, -0.2) is 0 Å². The second kappa shape index (κ2) is 10.1. The molecule has 1 aromatic carbocycles. The summed E-state index contributed by atoms with van der Waals surface area (Å²) >= 11 is 0. The molecule has 152 valence electrons. The summed E-state index contributed by atoms with van der Waals surface area (Å²) in [6, 6.07) is 8.13. The number of carbonyl (C=O) groups is 1. The van der Waals surface area contributed by atoms with E-state index < -0.39 is 0 Å². The Bertz CT molecular complexity index is 603. The Morgan fingerprint density at radius 2 is 2.11 bits per heavy atom. The van der Waals surface area contributed by atoms with E-state index >= 15 is 0 Å². The minimum atomic E-state index is -0.239. The van der Waals surface area contributed by atoms with Crippen molar-refractivity contribution in [2.75, 3.05) is 40.9 Å². The fraction of sp³-hybridized carbons (Fsp3) is 0.682. The monoisotopic (exact) mass is 377 g/mol. The van der Waals surface area contributed by atoms with Crippen LogP contribution >= 0.6 is 0 Å². The molecule has 0 aromatic heterocycles. The lowest BCUT2D eigenvalue weighted by Crippen LogP contribution is -3.05. The van der Waals surface area contributed by atoms with E-state index in [4.69, 9.17) is 9.47 Å². The second-order valence-electron chi connectivity index (χ2n) is 8.43. The minimum Gasteiger partial charge on any atom is -0.496 e. The molecule has 1 aromatic rings. The van der Waals surface area contributed by atoms with Gasteiger partial charge in [0.2, 0.25) is 5.91 Å². The molecule has 0 aliphatic carbocycles. The van der Waals surface area contributed by atoms with Crippen molar-refractivity contribution >= 4 is 5.91 Å². The first kappa shape index (κ1) is 21.7. The van der Waals surface area contributed by atoms with Gasteiger partial charge in [0.25, 0.3) is 0 Å². The first-order chi connectivity index (χ1) is 12.9. The second-order valence-corrected chi connectivity index (χ2v) is 8.43. The molecule has 0 spiro atoms. The van der Waals surface area contributed by atoms with Crippen LogP contribution in [0.4, 0.5) is 0 Å². The zero-order valence-corrected chi connectivity index (χ0v) is 17.6. The molecule has 0 saturated carbocycles. The molecular formula is C22H37N2O3+. The maximum atomic E-state index is 12.8. The lowest BCUT2D eigenvalue weighted by molar-refractivity contribution is -0.858. The zero-order chi connectivity index (χ0) is 19.9. The highest BCUT2D eigenvalue weighted by atomic mass is 16.5. The van der Waals surface area contributed by atoms with Crippen molar-refractivity contribution < 1.29 is 19.2 Å². The number of methoxy groups -OCH3 is 1. The number of benzene rings is 1. The largest absolute Gasteiger partial charge is 0.496 e. The number of rotatable bonds is 9. The summed E-state index contributed by atoms with van der Waals surface area (Å²) in [6.45, 7) is 6.84. The predicted molar refractivity (Wildman–Crippen MR) is 108 cm³/mol. The van der Waals surface area contributed by atoms with Gasteiger partial charge in [-0.05, 0) is 24.8 Å². The lowest BCUT2D eigenvalue weighted by Gasteiger charge is -2.43. The van der Waals surface area contributed by atoms with Gasteiger partial charge in [-0.1, -0.05) is 32.0 Å². The maximum Gasteiger partial charge on any atom is 0.220 e. The molecule has 0 bridgehead atoms. The van der Waals surface area contributed by atoms with E-state index in [1.165, 1.54) is 4.90 Å². The van der Waals surface area contributed by atoms with Gasteiger partial charge in [0.1, 0.15) is 5.75 Å². The first-order valence-electron chi connectivity index (χ1n) is 10.2. The highest BCUT2D eigenvalue weighted by Crippen LogP contribution is 2.45. The third-order valence-electron chi connectivity index (χ3n) is 5.60. The molecule has 2 N–H and O–H groups in total. The summed E-state index contributed by atoms with van der Waals surface area (Å²) in [5, 5.41) is 3.13. The molecule has 1 aliphatic heterocycles. The topological polar surface area (TPSA) is 52.0 Å². The summed E-state index contributed by atoms with van der Waals surface area (Å²) in [5.41, 5.74) is 0.894. The summed E-state index contributed by atoms with van der Waals surface area (Å²) in [4.78, 5) is 14.2. The smallest absolute Gasteiger partial charge is 0.220 e. The Labute approximate surface area is 164 Å². The number of hydrogen-bond acceptors (Lipinski definition) is 3. The van der Waals surface area contributed by atoms with Crippen LogP contribution in [0.2, 0.25) is 0 Å². The Morgan fingerprint density at radius 3 is 2.78 bits per heavy atom. The van der Waals surface area contributed by atoms with E-state index in [1.54, 1.807) is 7.11 Å². The minimum absolute atomic E-state index is 0.124. The molecule has 1 heterocycles. The Balaban J connectivity index is 2.19. The van der Waals surface area contributed by atoms with Gasteiger partial charge < -0.3 is 19.7 Å². The van der Waals surface area contributed by atoms with Crippen molar-refractivity contribution in [1.82, 2.24) is 5.32 Å². The third kappa shape index (κ3) is 5.94. The SMILES string of the molecule is COc1ccccc1[C@]1(CC(=O)NCCC[NH+](C)C)CCO[C@@H](C(C)C)C1. The van der Waals surface area contributed by atoms with Crippen LogP contribution < -0.4 is 15.0 Å². The molecule has 2 atom stereocenters. The molecule has 1 aliphatic rings. The zero-order valence-electron chi connectivity index (χ0n) is 17.6. The van der Waals surface area contributed by atoms with Crippen LogP contribution in [-0.2, 0) is 14.9 Å². The predicted octanol–water partition coefficient (Wildman–Crippen LogP) is 1.81. The van der Waals surface area contributed by atoms with E-state index in [0.29, 0.717) is 18.9 Å². The molecule has 0 unspecified atom stereocenters. The number of hydrogen-bond donors (Lipinski definition) is 2. The Hall–Kier alpha value is -1.59. The van der Waals surface area contributed by atoms with Crippen LogP contribution in [0, 0.1) is 5.92 Å². The number of quaternary nitrogens is 1. The summed E-state index contributed by atoms with van der Waals surface area (Å²) in [5.74, 6) is 1.41. The van der Waals surface area contributed by atoms with Crippen LogP contribution in [0.25, 0.3) is 0 Å². The van der Waals surface area contributed by atoms with Gasteiger partial charge >= 0.3 is 0 Å². The van der Waals surface area contributed by atoms with Crippen molar-refractivity contribution in [2.24, 2.45) is 5.92 Å². The van der Waals surface area contributed by atoms with Gasteiger partial charge in [0.05, 0.1) is 33.9 Å². The van der Waals surface area contributed by atoms with Gasteiger partial charge in [0, 0.05) is 37.0 Å². The van der Waals surface area contributed by atoms with Crippen molar-refractivity contribution in [3.63, 3.8) is 0 Å². The Kier molecular flexibility index (Phi) is 8.11. The normalized spacial score (nSPS) is 22.9. The van der Waals surface area contributed by atoms with Gasteiger partial charge in [-0.2, -0.15) is 0 Å². The standard InChI is InChI=1S/C22H36N2O3/c1-17(2)20-15-22(11-14-27-20,18-9-6-7-10-19(18)26-5)16-21(25)23-12-8-13-24(3)4/h6-7,9-10,17,20H,8,11-16H2,1-5H3,(H,23,25)/p+1/t20-,22-/m1/s1. The molecule has 27 heavy (non-hydrogen) atoms. The van der Waals surface area contributed by atoms with E-state index in [2.05, 4.69) is 39.3 Å². The number of nitrogens with one attached hydrogen (secondary N) is 2. The average Bonchev–Trinajstić information content (AvgIpc) is 2.65. The molecular weight excluding hydrogens is 340 g/mol. The lowest BCUT2D eigenvalue weighted by atomic mass is 9.68. The van der Waals surface area contributed by atoms with Gasteiger partial charge in [-0.15, -0.1) is 0 Å². The molecule has 0 radical (unpaired) electrons. The molecule has 1 fully saturated rings. The highest BCUT2D eigenvalue weighted by Gasteiger charge is 2.42. The average molecular weight is 378 g/mol. The van der Waals surface area contributed by atoms with Gasteiger partial charge in [0.15, 0.2) is 0 Å². The van der Waals surface area contributed by atoms with Crippen LogP contribution in [0.1, 0.15) is 45.1 Å². The fourth-order valence-corrected chi connectivity index (χ4v) is 4.00. The summed E-state index contributed by atoms with van der Waals surface area (Å²) in [7, 11) is 5.97. The van der Waals surface area contributed by atoms with Gasteiger partial charge in [-0.3, -0.25) is 4.79 Å². The number of ether oxygens (including phenoxy) is 2. The van der Waals surface area contributed by atoms with Crippen LogP contribution in [-0.4, -0.2) is 52.9 Å². The third-order valence-corrected chi connectivity index (χ3v) is 5.60. The first-order valence-corrected chi connectivity index (χ1v) is 10.2.